The Hall–Kier alpha value is -1.99. The van der Waals surface area contributed by atoms with Crippen molar-refractivity contribution in [2.24, 2.45) is 0 Å². The van der Waals surface area contributed by atoms with Crippen molar-refractivity contribution in [3.05, 3.63) is 40.6 Å². The maximum Gasteiger partial charge on any atom is 0.266 e. The van der Waals surface area contributed by atoms with E-state index in [2.05, 4.69) is 5.32 Å². The molecule has 110 valence electrons. The lowest BCUT2D eigenvalue weighted by atomic mass is 10.1. The first-order chi connectivity index (χ1) is 10.1. The second kappa shape index (κ2) is 7.14. The standard InChI is InChI=1S/C16H18ClN3O/c1-12-5-6-14(9-15(12)17)19-11-13(10-18)16(21)20-7-3-2-4-8-20/h5-6,9,11,19H,2-4,7-8H2,1H3/b13-11-. The zero-order valence-electron chi connectivity index (χ0n) is 12.0. The number of amides is 1. The van der Waals surface area contributed by atoms with Crippen LogP contribution < -0.4 is 5.32 Å². The summed E-state index contributed by atoms with van der Waals surface area (Å²) in [6, 6.07) is 7.49. The van der Waals surface area contributed by atoms with Gasteiger partial charge in [0.15, 0.2) is 0 Å². The molecule has 0 aliphatic carbocycles. The Morgan fingerprint density at radius 3 is 2.71 bits per heavy atom. The van der Waals surface area contributed by atoms with E-state index in [-0.39, 0.29) is 11.5 Å². The summed E-state index contributed by atoms with van der Waals surface area (Å²) in [6.07, 6.45) is 4.62. The highest BCUT2D eigenvalue weighted by Gasteiger charge is 2.20. The van der Waals surface area contributed by atoms with Gasteiger partial charge < -0.3 is 10.2 Å². The third-order valence-electron chi connectivity index (χ3n) is 3.55. The number of halogens is 1. The average molecular weight is 304 g/mol. The smallest absolute Gasteiger partial charge is 0.266 e. The highest BCUT2D eigenvalue weighted by Crippen LogP contribution is 2.20. The van der Waals surface area contributed by atoms with Crippen LogP contribution in [-0.4, -0.2) is 23.9 Å². The largest absolute Gasteiger partial charge is 0.360 e. The van der Waals surface area contributed by atoms with E-state index in [1.54, 1.807) is 11.0 Å². The van der Waals surface area contributed by atoms with Crippen LogP contribution in [0.3, 0.4) is 0 Å². The number of anilines is 1. The molecule has 0 bridgehead atoms. The summed E-state index contributed by atoms with van der Waals surface area (Å²) in [7, 11) is 0. The highest BCUT2D eigenvalue weighted by molar-refractivity contribution is 6.31. The molecule has 1 aliphatic heterocycles. The predicted octanol–water partition coefficient (Wildman–Crippen LogP) is 3.48. The van der Waals surface area contributed by atoms with Crippen molar-refractivity contribution in [2.45, 2.75) is 26.2 Å². The van der Waals surface area contributed by atoms with Gasteiger partial charge in [-0.3, -0.25) is 4.79 Å². The number of nitrogens with zero attached hydrogens (tertiary/aromatic N) is 2. The maximum atomic E-state index is 12.2. The molecule has 21 heavy (non-hydrogen) atoms. The van der Waals surface area contributed by atoms with Crippen LogP contribution in [0, 0.1) is 18.3 Å². The Kier molecular flexibility index (Phi) is 5.24. The Morgan fingerprint density at radius 2 is 2.10 bits per heavy atom. The number of carbonyl (C=O) groups is 1. The van der Waals surface area contributed by atoms with Gasteiger partial charge in [0.1, 0.15) is 11.6 Å². The molecule has 1 heterocycles. The van der Waals surface area contributed by atoms with Gasteiger partial charge in [0, 0.05) is 30.0 Å². The number of nitrogens with one attached hydrogen (secondary N) is 1. The first-order valence-electron chi connectivity index (χ1n) is 7.04. The van der Waals surface area contributed by atoms with Crippen LogP contribution in [0.1, 0.15) is 24.8 Å². The van der Waals surface area contributed by atoms with Gasteiger partial charge in [-0.15, -0.1) is 0 Å². The molecule has 1 N–H and O–H groups in total. The zero-order valence-corrected chi connectivity index (χ0v) is 12.8. The van der Waals surface area contributed by atoms with Crippen molar-refractivity contribution in [1.82, 2.24) is 4.90 Å². The minimum absolute atomic E-state index is 0.119. The van der Waals surface area contributed by atoms with E-state index in [0.717, 1.165) is 43.6 Å². The summed E-state index contributed by atoms with van der Waals surface area (Å²) in [5.74, 6) is -0.206. The topological polar surface area (TPSA) is 56.1 Å². The quantitative estimate of drug-likeness (QED) is 0.687. The van der Waals surface area contributed by atoms with Crippen molar-refractivity contribution in [1.29, 1.82) is 5.26 Å². The first-order valence-corrected chi connectivity index (χ1v) is 7.42. The molecule has 4 nitrogen and oxygen atoms in total. The van der Waals surface area contributed by atoms with Gasteiger partial charge in [-0.2, -0.15) is 5.26 Å². The van der Waals surface area contributed by atoms with Crippen LogP contribution in [0.5, 0.6) is 0 Å². The Labute approximate surface area is 130 Å². The number of rotatable bonds is 3. The van der Waals surface area contributed by atoms with E-state index >= 15 is 0 Å². The van der Waals surface area contributed by atoms with Crippen LogP contribution in [0.15, 0.2) is 30.0 Å². The number of carbonyl (C=O) groups excluding carboxylic acids is 1. The number of hydrogen-bond donors (Lipinski definition) is 1. The molecule has 0 radical (unpaired) electrons. The van der Waals surface area contributed by atoms with Crippen LogP contribution in [-0.2, 0) is 4.79 Å². The van der Waals surface area contributed by atoms with E-state index in [9.17, 15) is 10.1 Å². The normalized spacial score (nSPS) is 15.5. The monoisotopic (exact) mass is 303 g/mol. The Bertz CT molecular complexity index is 598. The minimum Gasteiger partial charge on any atom is -0.360 e. The summed E-state index contributed by atoms with van der Waals surface area (Å²) in [5.41, 5.74) is 1.86. The third-order valence-corrected chi connectivity index (χ3v) is 3.96. The average Bonchev–Trinajstić information content (AvgIpc) is 2.52. The predicted molar refractivity (Wildman–Crippen MR) is 83.9 cm³/mol. The van der Waals surface area contributed by atoms with E-state index < -0.39 is 0 Å². The van der Waals surface area contributed by atoms with E-state index in [1.807, 2.05) is 25.1 Å². The molecule has 1 amide bonds. The lowest BCUT2D eigenvalue weighted by molar-refractivity contribution is -0.127. The number of benzene rings is 1. The van der Waals surface area contributed by atoms with Crippen LogP contribution >= 0.6 is 11.6 Å². The number of likely N-dealkylation sites (tertiary alicyclic amines) is 1. The van der Waals surface area contributed by atoms with Gasteiger partial charge >= 0.3 is 0 Å². The van der Waals surface area contributed by atoms with Crippen molar-refractivity contribution < 1.29 is 4.79 Å². The van der Waals surface area contributed by atoms with Gasteiger partial charge in [-0.05, 0) is 43.9 Å². The fourth-order valence-electron chi connectivity index (χ4n) is 2.25. The van der Waals surface area contributed by atoms with Crippen molar-refractivity contribution >= 4 is 23.2 Å². The zero-order chi connectivity index (χ0) is 15.2. The molecule has 0 atom stereocenters. The first kappa shape index (κ1) is 15.4. The maximum absolute atomic E-state index is 12.2. The molecule has 1 aromatic carbocycles. The molecule has 1 fully saturated rings. The summed E-state index contributed by atoms with van der Waals surface area (Å²) in [6.45, 7) is 3.38. The summed E-state index contributed by atoms with van der Waals surface area (Å²) in [4.78, 5) is 14.0. The number of aryl methyl sites for hydroxylation is 1. The van der Waals surface area contributed by atoms with Gasteiger partial charge in [0.05, 0.1) is 0 Å². The minimum atomic E-state index is -0.206. The molecular weight excluding hydrogens is 286 g/mol. The molecule has 0 saturated carbocycles. The Morgan fingerprint density at radius 1 is 1.38 bits per heavy atom. The molecule has 0 aromatic heterocycles. The SMILES string of the molecule is Cc1ccc(N/C=C(/C#N)C(=O)N2CCCCC2)cc1Cl. The van der Waals surface area contributed by atoms with Crippen molar-refractivity contribution in [2.75, 3.05) is 18.4 Å². The molecule has 2 rings (SSSR count). The summed E-state index contributed by atoms with van der Waals surface area (Å²) >= 11 is 6.05. The molecule has 5 heteroatoms. The van der Waals surface area contributed by atoms with E-state index in [4.69, 9.17) is 11.6 Å². The molecule has 1 aromatic rings. The Balaban J connectivity index is 2.07. The van der Waals surface area contributed by atoms with Crippen LogP contribution in [0.4, 0.5) is 5.69 Å². The van der Waals surface area contributed by atoms with E-state index in [0.29, 0.717) is 5.02 Å². The third kappa shape index (κ3) is 3.99. The van der Waals surface area contributed by atoms with Crippen molar-refractivity contribution in [3.8, 4) is 6.07 Å². The number of nitriles is 1. The summed E-state index contributed by atoms with van der Waals surface area (Å²) < 4.78 is 0. The molecule has 1 aliphatic rings. The molecule has 0 spiro atoms. The van der Waals surface area contributed by atoms with Gasteiger partial charge in [-0.1, -0.05) is 17.7 Å². The van der Waals surface area contributed by atoms with E-state index in [1.165, 1.54) is 6.20 Å². The van der Waals surface area contributed by atoms with Crippen LogP contribution in [0.25, 0.3) is 0 Å². The summed E-state index contributed by atoms with van der Waals surface area (Å²) in [5, 5.41) is 12.8. The second-order valence-electron chi connectivity index (χ2n) is 5.13. The second-order valence-corrected chi connectivity index (χ2v) is 5.54. The number of piperidine rings is 1. The molecular formula is C16H18ClN3O. The molecule has 0 unspecified atom stereocenters. The highest BCUT2D eigenvalue weighted by atomic mass is 35.5. The van der Waals surface area contributed by atoms with Crippen LogP contribution in [0.2, 0.25) is 5.02 Å². The number of hydrogen-bond acceptors (Lipinski definition) is 3. The fourth-order valence-corrected chi connectivity index (χ4v) is 2.43. The fraction of sp³-hybridized carbons (Fsp3) is 0.375. The lowest BCUT2D eigenvalue weighted by Gasteiger charge is -2.26. The van der Waals surface area contributed by atoms with Gasteiger partial charge in [-0.25, -0.2) is 0 Å². The van der Waals surface area contributed by atoms with Gasteiger partial charge in [0.25, 0.3) is 5.91 Å². The lowest BCUT2D eigenvalue weighted by Crippen LogP contribution is -2.36. The van der Waals surface area contributed by atoms with Gasteiger partial charge in [0.2, 0.25) is 0 Å². The molecule has 1 saturated heterocycles. The van der Waals surface area contributed by atoms with Crippen molar-refractivity contribution in [3.63, 3.8) is 0 Å².